The van der Waals surface area contributed by atoms with Gasteiger partial charge in [-0.15, -0.1) is 0 Å². The maximum Gasteiger partial charge on any atom is 0.105 e. The van der Waals surface area contributed by atoms with E-state index in [-0.39, 0.29) is 0 Å². The molecule has 0 spiro atoms. The topological polar surface area (TPSA) is 37.6 Å². The highest BCUT2D eigenvalue weighted by molar-refractivity contribution is 5.55. The van der Waals surface area contributed by atoms with E-state index >= 15 is 0 Å². The molecule has 1 aromatic heterocycles. The molecule has 0 bridgehead atoms. The van der Waals surface area contributed by atoms with E-state index in [2.05, 4.69) is 41.4 Å². The minimum absolute atomic E-state index is 0.338. The van der Waals surface area contributed by atoms with Crippen LogP contribution in [-0.2, 0) is 11.2 Å². The minimum atomic E-state index is 0.338. The fourth-order valence-electron chi connectivity index (χ4n) is 2.66. The largest absolute Gasteiger partial charge is 0.469 e. The highest BCUT2D eigenvalue weighted by Crippen LogP contribution is 2.20. The van der Waals surface area contributed by atoms with E-state index in [1.165, 1.54) is 5.69 Å². The molecule has 2 heterocycles. The summed E-state index contributed by atoms with van der Waals surface area (Å²) in [5, 5.41) is 3.51. The van der Waals surface area contributed by atoms with E-state index in [9.17, 15) is 0 Å². The fourth-order valence-corrected chi connectivity index (χ4v) is 2.66. The Hall–Kier alpha value is -1.94. The number of morpholine rings is 1. The average Bonchev–Trinajstić information content (AvgIpc) is 3.02. The van der Waals surface area contributed by atoms with Gasteiger partial charge in [-0.2, -0.15) is 0 Å². The van der Waals surface area contributed by atoms with Crippen LogP contribution in [0.3, 0.4) is 0 Å². The lowest BCUT2D eigenvalue weighted by Gasteiger charge is -2.29. The van der Waals surface area contributed by atoms with E-state index in [4.69, 9.17) is 9.15 Å². The van der Waals surface area contributed by atoms with Crippen LogP contribution in [0.2, 0.25) is 0 Å². The zero-order valence-electron chi connectivity index (χ0n) is 12.4. The summed E-state index contributed by atoms with van der Waals surface area (Å²) >= 11 is 0. The SMILES string of the molecule is CC(Cc1ccco1)Nc1ccc(N2CCOCC2)cc1. The number of anilines is 2. The Kier molecular flexibility index (Phi) is 4.46. The van der Waals surface area contributed by atoms with Crippen LogP contribution in [0.15, 0.2) is 47.1 Å². The highest BCUT2D eigenvalue weighted by atomic mass is 16.5. The van der Waals surface area contributed by atoms with Gasteiger partial charge >= 0.3 is 0 Å². The average molecular weight is 286 g/mol. The van der Waals surface area contributed by atoms with Crippen LogP contribution >= 0.6 is 0 Å². The van der Waals surface area contributed by atoms with Gasteiger partial charge in [-0.25, -0.2) is 0 Å². The first kappa shape index (κ1) is 14.0. The van der Waals surface area contributed by atoms with Crippen molar-refractivity contribution in [2.24, 2.45) is 0 Å². The monoisotopic (exact) mass is 286 g/mol. The first-order valence-electron chi connectivity index (χ1n) is 7.53. The Morgan fingerprint density at radius 3 is 2.57 bits per heavy atom. The summed E-state index contributed by atoms with van der Waals surface area (Å²) in [5.74, 6) is 1.01. The molecule has 0 amide bonds. The Morgan fingerprint density at radius 1 is 1.14 bits per heavy atom. The normalized spacial score (nSPS) is 16.7. The van der Waals surface area contributed by atoms with Gasteiger partial charge < -0.3 is 19.4 Å². The third-order valence-corrected chi connectivity index (χ3v) is 3.74. The van der Waals surface area contributed by atoms with Crippen molar-refractivity contribution in [1.82, 2.24) is 0 Å². The Labute approximate surface area is 125 Å². The lowest BCUT2D eigenvalue weighted by Crippen LogP contribution is -2.36. The number of hydrogen-bond donors (Lipinski definition) is 1. The van der Waals surface area contributed by atoms with Gasteiger partial charge in [-0.3, -0.25) is 0 Å². The minimum Gasteiger partial charge on any atom is -0.469 e. The maximum atomic E-state index is 5.38. The van der Waals surface area contributed by atoms with Crippen LogP contribution < -0.4 is 10.2 Å². The van der Waals surface area contributed by atoms with Gasteiger partial charge in [0.15, 0.2) is 0 Å². The third-order valence-electron chi connectivity index (χ3n) is 3.74. The summed E-state index contributed by atoms with van der Waals surface area (Å²) in [6, 6.07) is 12.9. The van der Waals surface area contributed by atoms with E-state index in [1.807, 2.05) is 12.1 Å². The van der Waals surface area contributed by atoms with E-state index in [0.717, 1.165) is 44.2 Å². The molecule has 1 aliphatic rings. The molecule has 4 heteroatoms. The molecule has 4 nitrogen and oxygen atoms in total. The third kappa shape index (κ3) is 3.79. The van der Waals surface area contributed by atoms with Gasteiger partial charge in [0.25, 0.3) is 0 Å². The molecule has 1 N–H and O–H groups in total. The quantitative estimate of drug-likeness (QED) is 0.916. The van der Waals surface area contributed by atoms with Crippen LogP contribution in [-0.4, -0.2) is 32.3 Å². The van der Waals surface area contributed by atoms with Gasteiger partial charge in [0.05, 0.1) is 19.5 Å². The zero-order valence-corrected chi connectivity index (χ0v) is 12.4. The Morgan fingerprint density at radius 2 is 1.90 bits per heavy atom. The van der Waals surface area contributed by atoms with E-state index in [1.54, 1.807) is 6.26 Å². The second-order valence-corrected chi connectivity index (χ2v) is 5.48. The molecule has 3 rings (SSSR count). The predicted molar refractivity (Wildman–Crippen MR) is 85.0 cm³/mol. The summed E-state index contributed by atoms with van der Waals surface area (Å²) < 4.78 is 10.8. The number of ether oxygens (including phenoxy) is 1. The summed E-state index contributed by atoms with van der Waals surface area (Å²) in [4.78, 5) is 2.36. The van der Waals surface area contributed by atoms with Crippen molar-refractivity contribution in [2.75, 3.05) is 36.5 Å². The van der Waals surface area contributed by atoms with Crippen molar-refractivity contribution in [3.8, 4) is 0 Å². The fraction of sp³-hybridized carbons (Fsp3) is 0.412. The number of furan rings is 1. The molecule has 1 saturated heterocycles. The van der Waals surface area contributed by atoms with Crippen LogP contribution in [0.4, 0.5) is 11.4 Å². The van der Waals surface area contributed by atoms with Crippen molar-refractivity contribution >= 4 is 11.4 Å². The molecule has 2 aromatic rings. The molecule has 1 fully saturated rings. The van der Waals surface area contributed by atoms with Crippen LogP contribution in [0.1, 0.15) is 12.7 Å². The van der Waals surface area contributed by atoms with E-state index in [0.29, 0.717) is 6.04 Å². The lowest BCUT2D eigenvalue weighted by molar-refractivity contribution is 0.122. The highest BCUT2D eigenvalue weighted by Gasteiger charge is 2.11. The van der Waals surface area contributed by atoms with Crippen molar-refractivity contribution in [2.45, 2.75) is 19.4 Å². The second-order valence-electron chi connectivity index (χ2n) is 5.48. The first-order valence-corrected chi connectivity index (χ1v) is 7.53. The molecule has 1 aromatic carbocycles. The Balaban J connectivity index is 1.56. The summed E-state index contributed by atoms with van der Waals surface area (Å²) in [7, 11) is 0. The molecule has 0 aliphatic carbocycles. The second kappa shape index (κ2) is 6.68. The van der Waals surface area contributed by atoms with Crippen molar-refractivity contribution in [3.05, 3.63) is 48.4 Å². The van der Waals surface area contributed by atoms with Gasteiger partial charge in [-0.05, 0) is 43.3 Å². The Bertz CT molecular complexity index is 530. The van der Waals surface area contributed by atoms with Gasteiger partial charge in [0.2, 0.25) is 0 Å². The summed E-state index contributed by atoms with van der Waals surface area (Å²) in [5.41, 5.74) is 2.41. The molecule has 0 saturated carbocycles. The number of nitrogens with zero attached hydrogens (tertiary/aromatic N) is 1. The predicted octanol–water partition coefficient (Wildman–Crippen LogP) is 3.16. The van der Waals surface area contributed by atoms with Crippen molar-refractivity contribution in [3.63, 3.8) is 0 Å². The molecule has 1 atom stereocenters. The smallest absolute Gasteiger partial charge is 0.105 e. The molecule has 1 aliphatic heterocycles. The van der Waals surface area contributed by atoms with E-state index < -0.39 is 0 Å². The molecule has 0 radical (unpaired) electrons. The molecular weight excluding hydrogens is 264 g/mol. The molecular formula is C17H22N2O2. The van der Waals surface area contributed by atoms with Crippen LogP contribution in [0.25, 0.3) is 0 Å². The zero-order chi connectivity index (χ0) is 14.5. The maximum absolute atomic E-state index is 5.38. The standard InChI is InChI=1S/C17H22N2O2/c1-14(13-17-3-2-10-21-17)18-15-4-6-16(7-5-15)19-8-11-20-12-9-19/h2-7,10,14,18H,8-9,11-13H2,1H3. The van der Waals surface area contributed by atoms with Crippen molar-refractivity contribution < 1.29 is 9.15 Å². The summed E-state index contributed by atoms with van der Waals surface area (Å²) in [6.45, 7) is 5.75. The number of benzene rings is 1. The van der Waals surface area contributed by atoms with Crippen LogP contribution in [0, 0.1) is 0 Å². The molecule has 1 unspecified atom stereocenters. The van der Waals surface area contributed by atoms with Gasteiger partial charge in [-0.1, -0.05) is 0 Å². The van der Waals surface area contributed by atoms with Crippen LogP contribution in [0.5, 0.6) is 0 Å². The van der Waals surface area contributed by atoms with Crippen molar-refractivity contribution in [1.29, 1.82) is 0 Å². The van der Waals surface area contributed by atoms with Gasteiger partial charge in [0, 0.05) is 36.9 Å². The molecule has 21 heavy (non-hydrogen) atoms. The lowest BCUT2D eigenvalue weighted by atomic mass is 10.1. The van der Waals surface area contributed by atoms with Gasteiger partial charge in [0.1, 0.15) is 5.76 Å². The summed E-state index contributed by atoms with van der Waals surface area (Å²) in [6.07, 6.45) is 2.61. The first-order chi connectivity index (χ1) is 10.3. The molecule has 112 valence electrons. The number of nitrogens with one attached hydrogen (secondary N) is 1. The number of hydrogen-bond acceptors (Lipinski definition) is 4. The number of rotatable bonds is 5.